The van der Waals surface area contributed by atoms with Crippen LogP contribution < -0.4 is 0 Å². The van der Waals surface area contributed by atoms with Gasteiger partial charge in [-0.3, -0.25) is 4.99 Å². The van der Waals surface area contributed by atoms with Crippen LogP contribution in [0.4, 0.5) is 10.5 Å². The Labute approximate surface area is 119 Å². The molecule has 2 aliphatic heterocycles. The number of aliphatic imine (C=N–C) groups is 1. The lowest BCUT2D eigenvalue weighted by Gasteiger charge is -2.39. The van der Waals surface area contributed by atoms with Crippen molar-refractivity contribution in [3.8, 4) is 0 Å². The fourth-order valence-electron chi connectivity index (χ4n) is 2.56. The van der Waals surface area contributed by atoms with Gasteiger partial charge < -0.3 is 9.64 Å². The summed E-state index contributed by atoms with van der Waals surface area (Å²) in [6, 6.07) is 8.23. The Bertz CT molecular complexity index is 566. The molecule has 0 unspecified atom stereocenters. The molecule has 0 aromatic heterocycles. The van der Waals surface area contributed by atoms with Gasteiger partial charge in [0, 0.05) is 31.1 Å². The molecule has 0 N–H and O–H groups in total. The van der Waals surface area contributed by atoms with E-state index in [1.54, 1.807) is 4.90 Å². The largest absolute Gasteiger partial charge is 0.444 e. The smallest absolute Gasteiger partial charge is 0.410 e. The van der Waals surface area contributed by atoms with Crippen molar-refractivity contribution >= 4 is 17.5 Å². The summed E-state index contributed by atoms with van der Waals surface area (Å²) in [5.74, 6) is 0.384. The normalized spacial score (nSPS) is 18.4. The number of para-hydroxylation sites is 1. The maximum absolute atomic E-state index is 11.9. The maximum atomic E-state index is 11.9. The third-order valence-corrected chi connectivity index (χ3v) is 3.63. The van der Waals surface area contributed by atoms with E-state index in [1.807, 2.05) is 39.0 Å². The zero-order valence-electron chi connectivity index (χ0n) is 12.2. The zero-order valence-corrected chi connectivity index (χ0v) is 12.2. The lowest BCUT2D eigenvalue weighted by molar-refractivity contribution is 0.00685. The van der Waals surface area contributed by atoms with Crippen molar-refractivity contribution in [3.05, 3.63) is 29.8 Å². The van der Waals surface area contributed by atoms with E-state index in [1.165, 1.54) is 11.3 Å². The molecule has 0 saturated carbocycles. The average molecular weight is 272 g/mol. The minimum atomic E-state index is -0.427. The number of ether oxygens (including phenoxy) is 1. The molecule has 3 rings (SSSR count). The third kappa shape index (κ3) is 2.55. The van der Waals surface area contributed by atoms with Crippen LogP contribution >= 0.6 is 0 Å². The summed E-state index contributed by atoms with van der Waals surface area (Å²) in [5.41, 5.74) is 3.14. The molecule has 106 valence electrons. The molecule has 1 amide bonds. The predicted molar refractivity (Wildman–Crippen MR) is 78.5 cm³/mol. The maximum Gasteiger partial charge on any atom is 0.410 e. The predicted octanol–water partition coefficient (Wildman–Crippen LogP) is 3.18. The summed E-state index contributed by atoms with van der Waals surface area (Å²) in [6.45, 7) is 7.11. The van der Waals surface area contributed by atoms with Crippen molar-refractivity contribution in [2.24, 2.45) is 10.9 Å². The molecule has 0 radical (unpaired) electrons. The van der Waals surface area contributed by atoms with Gasteiger partial charge in [0.1, 0.15) is 5.60 Å². The van der Waals surface area contributed by atoms with Gasteiger partial charge >= 0.3 is 6.09 Å². The number of likely N-dealkylation sites (tertiary alicyclic amines) is 1. The second kappa shape index (κ2) is 4.62. The highest BCUT2D eigenvalue weighted by Crippen LogP contribution is 2.31. The lowest BCUT2D eigenvalue weighted by atomic mass is 9.92. The summed E-state index contributed by atoms with van der Waals surface area (Å²) in [4.78, 5) is 18.3. The second-order valence-electron chi connectivity index (χ2n) is 6.49. The third-order valence-electron chi connectivity index (χ3n) is 3.63. The fraction of sp³-hybridized carbons (Fsp3) is 0.500. The molecule has 20 heavy (non-hydrogen) atoms. The van der Waals surface area contributed by atoms with E-state index < -0.39 is 5.60 Å². The number of nitrogens with zero attached hydrogens (tertiary/aromatic N) is 2. The molecule has 4 heteroatoms. The van der Waals surface area contributed by atoms with Crippen molar-refractivity contribution < 1.29 is 9.53 Å². The Kier molecular flexibility index (Phi) is 3.04. The van der Waals surface area contributed by atoms with Gasteiger partial charge in [0.2, 0.25) is 0 Å². The first kappa shape index (κ1) is 13.2. The first-order valence-electron chi connectivity index (χ1n) is 7.06. The number of carbonyl (C=O) groups is 1. The highest BCUT2D eigenvalue weighted by Gasteiger charge is 2.37. The minimum absolute atomic E-state index is 0.218. The molecule has 1 aromatic carbocycles. The number of fused-ring (bicyclic) bond motifs is 1. The van der Waals surface area contributed by atoms with E-state index in [4.69, 9.17) is 4.74 Å². The average Bonchev–Trinajstić information content (AvgIpc) is 2.67. The second-order valence-corrected chi connectivity index (χ2v) is 6.49. The topological polar surface area (TPSA) is 41.9 Å². The number of carbonyl (C=O) groups excluding carboxylic acids is 1. The van der Waals surface area contributed by atoms with Gasteiger partial charge in [-0.25, -0.2) is 4.79 Å². The molecular weight excluding hydrogens is 252 g/mol. The Morgan fingerprint density at radius 2 is 2.00 bits per heavy atom. The van der Waals surface area contributed by atoms with Gasteiger partial charge in [0.05, 0.1) is 5.69 Å². The monoisotopic (exact) mass is 272 g/mol. The minimum Gasteiger partial charge on any atom is -0.444 e. The molecule has 0 bridgehead atoms. The van der Waals surface area contributed by atoms with Crippen LogP contribution in [0.15, 0.2) is 29.3 Å². The SMILES string of the molecule is CC(C)(C)OC(=O)N1CC(C2=Nc3ccccc3C2)C1. The molecule has 1 saturated heterocycles. The van der Waals surface area contributed by atoms with Gasteiger partial charge in [-0.2, -0.15) is 0 Å². The van der Waals surface area contributed by atoms with E-state index in [0.29, 0.717) is 5.92 Å². The Morgan fingerprint density at radius 1 is 1.30 bits per heavy atom. The number of hydrogen-bond donors (Lipinski definition) is 0. The van der Waals surface area contributed by atoms with Crippen molar-refractivity contribution in [2.75, 3.05) is 13.1 Å². The summed E-state index contributed by atoms with van der Waals surface area (Å²) in [5, 5.41) is 0. The molecular formula is C16H20N2O2. The molecule has 0 spiro atoms. The number of amides is 1. The molecule has 2 aliphatic rings. The standard InChI is InChI=1S/C16H20N2O2/c1-16(2,3)20-15(19)18-9-12(10-18)14-8-11-6-4-5-7-13(11)17-14/h4-7,12H,8-10H2,1-3H3. The summed E-state index contributed by atoms with van der Waals surface area (Å²) in [6.07, 6.45) is 0.702. The van der Waals surface area contributed by atoms with Crippen molar-refractivity contribution in [3.63, 3.8) is 0 Å². The molecule has 0 aliphatic carbocycles. The highest BCUT2D eigenvalue weighted by atomic mass is 16.6. The number of benzene rings is 1. The van der Waals surface area contributed by atoms with Gasteiger partial charge in [0.25, 0.3) is 0 Å². The van der Waals surface area contributed by atoms with Gasteiger partial charge in [-0.1, -0.05) is 18.2 Å². The first-order valence-corrected chi connectivity index (χ1v) is 7.06. The van der Waals surface area contributed by atoms with Crippen LogP contribution in [0.25, 0.3) is 0 Å². The molecule has 2 heterocycles. The Balaban J connectivity index is 1.56. The summed E-state index contributed by atoms with van der Waals surface area (Å²) < 4.78 is 5.36. The van der Waals surface area contributed by atoms with E-state index in [0.717, 1.165) is 25.2 Å². The Hall–Kier alpha value is -1.84. The van der Waals surface area contributed by atoms with Crippen LogP contribution in [0, 0.1) is 5.92 Å². The van der Waals surface area contributed by atoms with E-state index in [9.17, 15) is 4.79 Å². The molecule has 1 aromatic rings. The van der Waals surface area contributed by atoms with Gasteiger partial charge in [0.15, 0.2) is 0 Å². The van der Waals surface area contributed by atoms with E-state index >= 15 is 0 Å². The summed E-state index contributed by atoms with van der Waals surface area (Å²) >= 11 is 0. The highest BCUT2D eigenvalue weighted by molar-refractivity contribution is 5.97. The van der Waals surface area contributed by atoms with Crippen LogP contribution in [0.1, 0.15) is 26.3 Å². The molecule has 4 nitrogen and oxygen atoms in total. The van der Waals surface area contributed by atoms with E-state index in [-0.39, 0.29) is 6.09 Å². The first-order chi connectivity index (χ1) is 9.42. The number of rotatable bonds is 1. The Morgan fingerprint density at radius 3 is 2.65 bits per heavy atom. The fourth-order valence-corrected chi connectivity index (χ4v) is 2.56. The van der Waals surface area contributed by atoms with Crippen LogP contribution in [0.3, 0.4) is 0 Å². The quantitative estimate of drug-likeness (QED) is 0.788. The summed E-state index contributed by atoms with van der Waals surface area (Å²) in [7, 11) is 0. The van der Waals surface area contributed by atoms with E-state index in [2.05, 4.69) is 11.1 Å². The van der Waals surface area contributed by atoms with Crippen molar-refractivity contribution in [2.45, 2.75) is 32.8 Å². The van der Waals surface area contributed by atoms with Crippen molar-refractivity contribution in [1.82, 2.24) is 4.90 Å². The van der Waals surface area contributed by atoms with Crippen LogP contribution in [0.2, 0.25) is 0 Å². The lowest BCUT2D eigenvalue weighted by Crippen LogP contribution is -2.54. The zero-order chi connectivity index (χ0) is 14.3. The van der Waals surface area contributed by atoms with Crippen LogP contribution in [-0.4, -0.2) is 35.4 Å². The molecule has 0 atom stereocenters. The van der Waals surface area contributed by atoms with Gasteiger partial charge in [-0.05, 0) is 32.4 Å². The van der Waals surface area contributed by atoms with Crippen LogP contribution in [0.5, 0.6) is 0 Å². The molecule has 1 fully saturated rings. The van der Waals surface area contributed by atoms with Gasteiger partial charge in [-0.15, -0.1) is 0 Å². The number of hydrogen-bond acceptors (Lipinski definition) is 3. The van der Waals surface area contributed by atoms with Crippen LogP contribution in [-0.2, 0) is 11.2 Å². The van der Waals surface area contributed by atoms with Crippen molar-refractivity contribution in [1.29, 1.82) is 0 Å².